The molecule has 3 rings (SSSR count). The Labute approximate surface area is 127 Å². The van der Waals surface area contributed by atoms with Crippen LogP contribution in [-0.4, -0.2) is 12.1 Å². The van der Waals surface area contributed by atoms with Gasteiger partial charge in [-0.3, -0.25) is 0 Å². The van der Waals surface area contributed by atoms with Crippen molar-refractivity contribution in [2.24, 2.45) is 0 Å². The van der Waals surface area contributed by atoms with E-state index in [1.54, 1.807) is 18.4 Å². The Balaban J connectivity index is 1.76. The first-order valence-electron chi connectivity index (χ1n) is 7.00. The van der Waals surface area contributed by atoms with E-state index in [1.165, 1.54) is 0 Å². The second-order valence-electron chi connectivity index (χ2n) is 4.80. The van der Waals surface area contributed by atoms with E-state index in [0.29, 0.717) is 6.54 Å². The maximum Gasteiger partial charge on any atom is 0.176 e. The molecule has 2 aromatic heterocycles. The van der Waals surface area contributed by atoms with Crippen molar-refractivity contribution in [3.05, 3.63) is 46.6 Å². The molecule has 0 spiro atoms. The van der Waals surface area contributed by atoms with Crippen molar-refractivity contribution < 1.29 is 9.15 Å². The van der Waals surface area contributed by atoms with Crippen LogP contribution in [0.5, 0.6) is 5.75 Å². The van der Waals surface area contributed by atoms with E-state index in [-0.39, 0.29) is 6.04 Å². The van der Waals surface area contributed by atoms with Gasteiger partial charge in [-0.2, -0.15) is 0 Å². The fourth-order valence-corrected chi connectivity index (χ4v) is 3.17. The van der Waals surface area contributed by atoms with E-state index in [4.69, 9.17) is 9.15 Å². The summed E-state index contributed by atoms with van der Waals surface area (Å²) in [7, 11) is 1.66. The van der Waals surface area contributed by atoms with Gasteiger partial charge in [-0.25, -0.2) is 4.98 Å². The molecule has 1 N–H and O–H groups in total. The number of nitrogens with zero attached hydrogens (tertiary/aromatic N) is 1. The molecule has 1 atom stereocenters. The number of ether oxygens (including phenoxy) is 1. The zero-order valence-electron chi connectivity index (χ0n) is 12.1. The van der Waals surface area contributed by atoms with Crippen LogP contribution >= 0.6 is 11.3 Å². The number of rotatable bonds is 6. The quantitative estimate of drug-likeness (QED) is 0.743. The Bertz CT molecular complexity index is 706. The molecular formula is C16H18N2O2S. The highest BCUT2D eigenvalue weighted by atomic mass is 32.1. The topological polar surface area (TPSA) is 47.3 Å². The van der Waals surface area contributed by atoms with Crippen molar-refractivity contribution in [1.82, 2.24) is 10.3 Å². The van der Waals surface area contributed by atoms with Gasteiger partial charge < -0.3 is 14.5 Å². The van der Waals surface area contributed by atoms with Crippen molar-refractivity contribution in [3.8, 4) is 5.75 Å². The lowest BCUT2D eigenvalue weighted by Gasteiger charge is -2.12. The van der Waals surface area contributed by atoms with E-state index in [9.17, 15) is 0 Å². The number of benzene rings is 1. The van der Waals surface area contributed by atoms with Gasteiger partial charge in [0.05, 0.1) is 19.7 Å². The zero-order valence-corrected chi connectivity index (χ0v) is 12.9. The Morgan fingerprint density at radius 3 is 3.05 bits per heavy atom. The Hall–Kier alpha value is -1.85. The minimum Gasteiger partial charge on any atom is -0.493 e. The van der Waals surface area contributed by atoms with Crippen molar-refractivity contribution in [1.29, 1.82) is 0 Å². The smallest absolute Gasteiger partial charge is 0.176 e. The van der Waals surface area contributed by atoms with Crippen molar-refractivity contribution in [2.75, 3.05) is 7.11 Å². The first-order chi connectivity index (χ1) is 10.3. The molecule has 1 aromatic carbocycles. The third-order valence-electron chi connectivity index (χ3n) is 3.46. The first-order valence-corrected chi connectivity index (χ1v) is 7.88. The van der Waals surface area contributed by atoms with E-state index in [0.717, 1.165) is 33.9 Å². The molecule has 0 amide bonds. The standard InChI is InChI=1S/C16H18N2O2S/c1-3-13(16-17-7-8-21-16)18-10-12-9-11-5-4-6-14(19-2)15(11)20-12/h4-9,13,18H,3,10H2,1-2H3. The highest BCUT2D eigenvalue weighted by Crippen LogP contribution is 2.29. The van der Waals surface area contributed by atoms with E-state index < -0.39 is 0 Å². The Morgan fingerprint density at radius 1 is 1.43 bits per heavy atom. The van der Waals surface area contributed by atoms with Crippen LogP contribution in [0.2, 0.25) is 0 Å². The number of fused-ring (bicyclic) bond motifs is 1. The number of nitrogens with one attached hydrogen (secondary N) is 1. The summed E-state index contributed by atoms with van der Waals surface area (Å²) in [5, 5.41) is 7.69. The van der Waals surface area contributed by atoms with Gasteiger partial charge in [0.2, 0.25) is 0 Å². The summed E-state index contributed by atoms with van der Waals surface area (Å²) in [5.41, 5.74) is 0.805. The van der Waals surface area contributed by atoms with Crippen LogP contribution in [0.15, 0.2) is 40.3 Å². The largest absolute Gasteiger partial charge is 0.493 e. The highest BCUT2D eigenvalue weighted by Gasteiger charge is 2.13. The summed E-state index contributed by atoms with van der Waals surface area (Å²) in [6.07, 6.45) is 2.84. The molecule has 0 fully saturated rings. The number of thiazole rings is 1. The van der Waals surface area contributed by atoms with Crippen LogP contribution in [0.1, 0.15) is 30.2 Å². The summed E-state index contributed by atoms with van der Waals surface area (Å²) in [4.78, 5) is 4.38. The third kappa shape index (κ3) is 2.94. The first kappa shape index (κ1) is 14.1. The number of furan rings is 1. The minimum atomic E-state index is 0.264. The summed E-state index contributed by atoms with van der Waals surface area (Å²) in [5.74, 6) is 1.68. The van der Waals surface area contributed by atoms with E-state index in [1.807, 2.05) is 29.8 Å². The van der Waals surface area contributed by atoms with Crippen LogP contribution in [-0.2, 0) is 6.54 Å². The molecule has 5 heteroatoms. The highest BCUT2D eigenvalue weighted by molar-refractivity contribution is 7.09. The molecular weight excluding hydrogens is 284 g/mol. The minimum absolute atomic E-state index is 0.264. The molecule has 0 aliphatic heterocycles. The van der Waals surface area contributed by atoms with Gasteiger partial charge in [0.15, 0.2) is 11.3 Å². The second-order valence-corrected chi connectivity index (χ2v) is 5.73. The van der Waals surface area contributed by atoms with Gasteiger partial charge in [-0.05, 0) is 18.6 Å². The molecule has 0 saturated carbocycles. The lowest BCUT2D eigenvalue weighted by Crippen LogP contribution is -2.19. The average Bonchev–Trinajstić information content (AvgIpc) is 3.16. The summed E-state index contributed by atoms with van der Waals surface area (Å²) in [6, 6.07) is 8.23. The maximum absolute atomic E-state index is 5.90. The normalized spacial score (nSPS) is 12.7. The number of para-hydroxylation sites is 1. The third-order valence-corrected chi connectivity index (χ3v) is 4.35. The number of methoxy groups -OCH3 is 1. The van der Waals surface area contributed by atoms with Gasteiger partial charge in [-0.1, -0.05) is 19.1 Å². The van der Waals surface area contributed by atoms with Crippen molar-refractivity contribution >= 4 is 22.3 Å². The number of aromatic nitrogens is 1. The van der Waals surface area contributed by atoms with Gasteiger partial charge in [0.1, 0.15) is 10.8 Å². The SMILES string of the molecule is CCC(NCc1cc2cccc(OC)c2o1)c1nccs1. The number of hydrogen-bond acceptors (Lipinski definition) is 5. The molecule has 110 valence electrons. The maximum atomic E-state index is 5.90. The van der Waals surface area contributed by atoms with E-state index in [2.05, 4.69) is 23.3 Å². The van der Waals surface area contributed by atoms with Gasteiger partial charge in [0.25, 0.3) is 0 Å². The monoisotopic (exact) mass is 302 g/mol. The lowest BCUT2D eigenvalue weighted by atomic mass is 10.2. The summed E-state index contributed by atoms with van der Waals surface area (Å²) < 4.78 is 11.2. The van der Waals surface area contributed by atoms with Gasteiger partial charge in [-0.15, -0.1) is 11.3 Å². The zero-order chi connectivity index (χ0) is 14.7. The molecule has 2 heterocycles. The Morgan fingerprint density at radius 2 is 2.33 bits per heavy atom. The fourth-order valence-electron chi connectivity index (χ4n) is 2.37. The van der Waals surface area contributed by atoms with Crippen molar-refractivity contribution in [2.45, 2.75) is 25.9 Å². The van der Waals surface area contributed by atoms with Crippen molar-refractivity contribution in [3.63, 3.8) is 0 Å². The molecule has 0 radical (unpaired) electrons. The van der Waals surface area contributed by atoms with Crippen LogP contribution in [0.3, 0.4) is 0 Å². The molecule has 3 aromatic rings. The van der Waals surface area contributed by atoms with Gasteiger partial charge in [0, 0.05) is 17.0 Å². The van der Waals surface area contributed by atoms with E-state index >= 15 is 0 Å². The predicted molar refractivity (Wildman–Crippen MR) is 84.8 cm³/mol. The molecule has 4 nitrogen and oxygen atoms in total. The molecule has 21 heavy (non-hydrogen) atoms. The molecule has 1 unspecified atom stereocenters. The molecule has 0 bridgehead atoms. The van der Waals surface area contributed by atoms with Crippen LogP contribution < -0.4 is 10.1 Å². The van der Waals surface area contributed by atoms with Gasteiger partial charge >= 0.3 is 0 Å². The summed E-state index contributed by atoms with van der Waals surface area (Å²) in [6.45, 7) is 2.83. The second kappa shape index (κ2) is 6.28. The lowest BCUT2D eigenvalue weighted by molar-refractivity contribution is 0.403. The number of hydrogen-bond donors (Lipinski definition) is 1. The molecule has 0 saturated heterocycles. The fraction of sp³-hybridized carbons (Fsp3) is 0.312. The Kier molecular flexibility index (Phi) is 4.22. The molecule has 0 aliphatic carbocycles. The van der Waals surface area contributed by atoms with Crippen LogP contribution in [0.25, 0.3) is 11.0 Å². The summed E-state index contributed by atoms with van der Waals surface area (Å²) >= 11 is 1.68. The van der Waals surface area contributed by atoms with Crippen LogP contribution in [0, 0.1) is 0 Å². The van der Waals surface area contributed by atoms with Crippen LogP contribution in [0.4, 0.5) is 0 Å². The molecule has 0 aliphatic rings. The average molecular weight is 302 g/mol. The predicted octanol–water partition coefficient (Wildman–Crippen LogP) is 4.14.